The van der Waals surface area contributed by atoms with Crippen molar-refractivity contribution in [3.63, 3.8) is 0 Å². The van der Waals surface area contributed by atoms with Gasteiger partial charge < -0.3 is 0 Å². The Bertz CT molecular complexity index is 504. The van der Waals surface area contributed by atoms with E-state index >= 15 is 0 Å². The highest BCUT2D eigenvalue weighted by molar-refractivity contribution is 5.59. The second-order valence-electron chi connectivity index (χ2n) is 3.12. The number of allylic oxidation sites excluding steroid dienone is 1. The molecule has 0 bridgehead atoms. The van der Waals surface area contributed by atoms with Crippen molar-refractivity contribution in [2.45, 2.75) is 6.42 Å². The molecule has 0 aliphatic rings. The molecule has 0 aliphatic heterocycles. The summed E-state index contributed by atoms with van der Waals surface area (Å²) in [4.78, 5) is 0. The van der Waals surface area contributed by atoms with E-state index in [4.69, 9.17) is 5.26 Å². The molecule has 0 spiro atoms. The average Bonchev–Trinajstić information content (AvgIpc) is 2.84. The lowest BCUT2D eigenvalue weighted by atomic mass is 10.1. The highest BCUT2D eigenvalue weighted by Crippen LogP contribution is 2.14. The van der Waals surface area contributed by atoms with Gasteiger partial charge >= 0.3 is 0 Å². The Labute approximate surface area is 92.4 Å². The van der Waals surface area contributed by atoms with Crippen molar-refractivity contribution in [2.75, 3.05) is 0 Å². The summed E-state index contributed by atoms with van der Waals surface area (Å²) in [6.45, 7) is 0. The van der Waals surface area contributed by atoms with Crippen LogP contribution in [0.1, 0.15) is 12.0 Å². The lowest BCUT2D eigenvalue weighted by Crippen LogP contribution is -1.81. The van der Waals surface area contributed by atoms with Gasteiger partial charge in [0.2, 0.25) is 5.82 Å². The molecule has 0 saturated heterocycles. The number of tetrazole rings is 1. The van der Waals surface area contributed by atoms with Crippen molar-refractivity contribution in [3.8, 4) is 17.5 Å². The quantitative estimate of drug-likeness (QED) is 0.839. The number of nitrogens with one attached hydrogen (secondary N) is 1. The fourth-order valence-electron chi connectivity index (χ4n) is 1.28. The first-order valence-corrected chi connectivity index (χ1v) is 4.77. The number of aromatic amines is 1. The van der Waals surface area contributed by atoms with Gasteiger partial charge in [0, 0.05) is 5.56 Å². The minimum absolute atomic E-state index is 0.423. The van der Waals surface area contributed by atoms with Crippen LogP contribution in [0.3, 0.4) is 0 Å². The van der Waals surface area contributed by atoms with Gasteiger partial charge in [0.25, 0.3) is 0 Å². The normalized spacial score (nSPS) is 10.4. The number of rotatable bonds is 3. The van der Waals surface area contributed by atoms with Gasteiger partial charge in [0.1, 0.15) is 0 Å². The molecule has 1 heterocycles. The fraction of sp³-hybridized carbons (Fsp3) is 0.0909. The van der Waals surface area contributed by atoms with Crippen LogP contribution >= 0.6 is 0 Å². The predicted octanol–water partition coefficient (Wildman–Crippen LogP) is 1.79. The summed E-state index contributed by atoms with van der Waals surface area (Å²) in [5, 5.41) is 22.1. The van der Waals surface area contributed by atoms with E-state index in [-0.39, 0.29) is 0 Å². The molecule has 5 nitrogen and oxygen atoms in total. The van der Waals surface area contributed by atoms with Gasteiger partial charge in [0.15, 0.2) is 0 Å². The van der Waals surface area contributed by atoms with Crippen molar-refractivity contribution >= 4 is 6.08 Å². The number of hydrogen-bond acceptors (Lipinski definition) is 4. The van der Waals surface area contributed by atoms with Gasteiger partial charge in [-0.3, -0.25) is 0 Å². The Morgan fingerprint density at radius 2 is 2.12 bits per heavy atom. The SMILES string of the molecule is N#CCC=Cc1ccc(-c2nn[nH]n2)cc1. The molecule has 1 N–H and O–H groups in total. The Balaban J connectivity index is 2.14. The topological polar surface area (TPSA) is 78.2 Å². The molecule has 5 heteroatoms. The molecule has 0 amide bonds. The number of hydrogen-bond donors (Lipinski definition) is 1. The van der Waals surface area contributed by atoms with Crippen LogP contribution in [0.15, 0.2) is 30.3 Å². The van der Waals surface area contributed by atoms with Crippen molar-refractivity contribution in [2.24, 2.45) is 0 Å². The van der Waals surface area contributed by atoms with E-state index in [1.165, 1.54) is 0 Å². The molecule has 16 heavy (non-hydrogen) atoms. The van der Waals surface area contributed by atoms with Crippen LogP contribution in [0.25, 0.3) is 17.5 Å². The highest BCUT2D eigenvalue weighted by atomic mass is 15.5. The van der Waals surface area contributed by atoms with E-state index in [9.17, 15) is 0 Å². The standard InChI is InChI=1S/C11H9N5/c12-8-2-1-3-9-4-6-10(7-5-9)11-13-15-16-14-11/h1,3-7H,2H2,(H,13,14,15,16). The van der Waals surface area contributed by atoms with Gasteiger partial charge in [-0.2, -0.15) is 10.5 Å². The van der Waals surface area contributed by atoms with Crippen LogP contribution in [0.5, 0.6) is 0 Å². The van der Waals surface area contributed by atoms with Crippen LogP contribution in [-0.2, 0) is 0 Å². The smallest absolute Gasteiger partial charge is 0.198 e. The second kappa shape index (κ2) is 4.84. The zero-order chi connectivity index (χ0) is 11.2. The molecule has 2 rings (SSSR count). The number of nitriles is 1. The second-order valence-corrected chi connectivity index (χ2v) is 3.12. The maximum absolute atomic E-state index is 8.39. The van der Waals surface area contributed by atoms with Gasteiger partial charge in [0.05, 0.1) is 12.5 Å². The summed E-state index contributed by atoms with van der Waals surface area (Å²) in [6, 6.07) is 9.77. The van der Waals surface area contributed by atoms with E-state index in [1.807, 2.05) is 36.4 Å². The molecule has 0 radical (unpaired) electrons. The molecule has 0 unspecified atom stereocenters. The van der Waals surface area contributed by atoms with Gasteiger partial charge in [-0.25, -0.2) is 0 Å². The van der Waals surface area contributed by atoms with Crippen molar-refractivity contribution in [1.29, 1.82) is 5.26 Å². The first-order valence-electron chi connectivity index (χ1n) is 4.77. The Morgan fingerprint density at radius 3 is 2.75 bits per heavy atom. The van der Waals surface area contributed by atoms with Crippen molar-refractivity contribution in [1.82, 2.24) is 20.6 Å². The van der Waals surface area contributed by atoms with Crippen LogP contribution in [-0.4, -0.2) is 20.6 Å². The largest absolute Gasteiger partial charge is 0.204 e. The summed E-state index contributed by atoms with van der Waals surface area (Å²) >= 11 is 0. The number of benzene rings is 1. The van der Waals surface area contributed by atoms with Gasteiger partial charge in [-0.15, -0.1) is 10.2 Å². The molecule has 1 aromatic heterocycles. The minimum Gasteiger partial charge on any atom is -0.198 e. The highest BCUT2D eigenvalue weighted by Gasteiger charge is 2.00. The fourth-order valence-corrected chi connectivity index (χ4v) is 1.28. The van der Waals surface area contributed by atoms with Gasteiger partial charge in [-0.05, 0) is 10.8 Å². The Hall–Kier alpha value is -2.48. The minimum atomic E-state index is 0.423. The molecule has 0 saturated carbocycles. The Morgan fingerprint density at radius 1 is 1.31 bits per heavy atom. The molecule has 2 aromatic rings. The van der Waals surface area contributed by atoms with Crippen LogP contribution in [0.4, 0.5) is 0 Å². The third kappa shape index (κ3) is 2.30. The molecule has 1 aromatic carbocycles. The van der Waals surface area contributed by atoms with Crippen molar-refractivity contribution in [3.05, 3.63) is 35.9 Å². The van der Waals surface area contributed by atoms with Crippen LogP contribution in [0.2, 0.25) is 0 Å². The first kappa shape index (κ1) is 10.1. The summed E-state index contributed by atoms with van der Waals surface area (Å²) in [5.41, 5.74) is 1.95. The van der Waals surface area contributed by atoms with E-state index in [0.717, 1.165) is 11.1 Å². The molecular weight excluding hydrogens is 202 g/mol. The van der Waals surface area contributed by atoms with Crippen LogP contribution in [0, 0.1) is 11.3 Å². The molecule has 0 fully saturated rings. The van der Waals surface area contributed by atoms with E-state index in [1.54, 1.807) is 0 Å². The van der Waals surface area contributed by atoms with E-state index in [2.05, 4.69) is 26.7 Å². The Kier molecular flexibility index (Phi) is 3.04. The van der Waals surface area contributed by atoms with Crippen molar-refractivity contribution < 1.29 is 0 Å². The van der Waals surface area contributed by atoms with E-state index in [0.29, 0.717) is 12.2 Å². The predicted molar refractivity (Wildman–Crippen MR) is 58.9 cm³/mol. The zero-order valence-electron chi connectivity index (χ0n) is 8.46. The monoisotopic (exact) mass is 211 g/mol. The average molecular weight is 211 g/mol. The zero-order valence-corrected chi connectivity index (χ0v) is 8.46. The van der Waals surface area contributed by atoms with Gasteiger partial charge in [-0.1, -0.05) is 36.4 Å². The molecule has 0 aliphatic carbocycles. The third-order valence-electron chi connectivity index (χ3n) is 2.03. The lowest BCUT2D eigenvalue weighted by Gasteiger charge is -1.95. The summed E-state index contributed by atoms with van der Waals surface area (Å²) in [6.07, 6.45) is 4.15. The molecule has 78 valence electrons. The summed E-state index contributed by atoms with van der Waals surface area (Å²) < 4.78 is 0. The maximum Gasteiger partial charge on any atom is 0.204 e. The molecule has 0 atom stereocenters. The number of nitrogens with zero attached hydrogens (tertiary/aromatic N) is 4. The molecular formula is C11H9N5. The first-order chi connectivity index (χ1) is 7.90. The summed E-state index contributed by atoms with van der Waals surface area (Å²) in [7, 11) is 0. The number of H-pyrrole nitrogens is 1. The van der Waals surface area contributed by atoms with E-state index < -0.39 is 0 Å². The lowest BCUT2D eigenvalue weighted by molar-refractivity contribution is 0.881. The maximum atomic E-state index is 8.39. The summed E-state index contributed by atoms with van der Waals surface area (Å²) in [5.74, 6) is 0.576. The van der Waals surface area contributed by atoms with Crippen LogP contribution < -0.4 is 0 Å². The number of aromatic nitrogens is 4. The third-order valence-corrected chi connectivity index (χ3v) is 2.03.